The number of carbonyl (C=O) groups is 2. The third-order valence-corrected chi connectivity index (χ3v) is 6.44. The van der Waals surface area contributed by atoms with Crippen LogP contribution < -0.4 is 15.5 Å². The van der Waals surface area contributed by atoms with Crippen molar-refractivity contribution < 1.29 is 9.59 Å². The first-order valence-electron chi connectivity index (χ1n) is 10.5. The highest BCUT2D eigenvalue weighted by Crippen LogP contribution is 2.26. The summed E-state index contributed by atoms with van der Waals surface area (Å²) in [6.45, 7) is 6.25. The molecule has 0 radical (unpaired) electrons. The number of para-hydroxylation sites is 1. The molecule has 2 heterocycles. The van der Waals surface area contributed by atoms with Gasteiger partial charge in [0, 0.05) is 25.6 Å². The van der Waals surface area contributed by atoms with Crippen LogP contribution in [0.5, 0.6) is 0 Å². The maximum Gasteiger partial charge on any atom is 0.234 e. The standard InChI is InChI=1S/C22H28ClN5O2S/c1-3-11-24-22(30)16-9-12-28(13-10-16)18-7-8-20(27-26-18)31-14-19(29)25-21-15(2)5-4-6-17(21)23/h4-8,16H,3,9-14H2,1-2H3,(H,24,30)(H,25,29). The lowest BCUT2D eigenvalue weighted by Gasteiger charge is -2.31. The van der Waals surface area contributed by atoms with Gasteiger partial charge in [-0.25, -0.2) is 0 Å². The minimum absolute atomic E-state index is 0.0749. The van der Waals surface area contributed by atoms with Crippen molar-refractivity contribution in [1.82, 2.24) is 15.5 Å². The number of nitrogens with one attached hydrogen (secondary N) is 2. The number of benzene rings is 1. The van der Waals surface area contributed by atoms with E-state index in [1.807, 2.05) is 31.2 Å². The van der Waals surface area contributed by atoms with E-state index in [2.05, 4.69) is 32.7 Å². The van der Waals surface area contributed by atoms with E-state index in [1.54, 1.807) is 6.07 Å². The molecule has 0 spiro atoms. The van der Waals surface area contributed by atoms with Gasteiger partial charge in [0.15, 0.2) is 5.82 Å². The number of piperidine rings is 1. The van der Waals surface area contributed by atoms with Crippen LogP contribution in [-0.4, -0.2) is 47.4 Å². The van der Waals surface area contributed by atoms with E-state index in [0.717, 1.165) is 50.3 Å². The number of anilines is 2. The zero-order chi connectivity index (χ0) is 22.2. The predicted octanol–water partition coefficient (Wildman–Crippen LogP) is 3.91. The van der Waals surface area contributed by atoms with Crippen LogP contribution in [0.25, 0.3) is 0 Å². The molecule has 1 aliphatic heterocycles. The van der Waals surface area contributed by atoms with Gasteiger partial charge in [-0.1, -0.05) is 42.4 Å². The summed E-state index contributed by atoms with van der Waals surface area (Å²) < 4.78 is 0. The van der Waals surface area contributed by atoms with Crippen molar-refractivity contribution in [3.05, 3.63) is 40.9 Å². The van der Waals surface area contributed by atoms with Crippen LogP contribution in [-0.2, 0) is 9.59 Å². The highest BCUT2D eigenvalue weighted by Gasteiger charge is 2.25. The molecule has 0 atom stereocenters. The number of hydrogen-bond acceptors (Lipinski definition) is 6. The first kappa shape index (κ1) is 23.3. The molecule has 0 unspecified atom stereocenters. The van der Waals surface area contributed by atoms with Crippen molar-refractivity contribution in [2.24, 2.45) is 5.92 Å². The summed E-state index contributed by atoms with van der Waals surface area (Å²) >= 11 is 7.49. The third kappa shape index (κ3) is 6.58. The van der Waals surface area contributed by atoms with Gasteiger partial charge < -0.3 is 15.5 Å². The van der Waals surface area contributed by atoms with Crippen LogP contribution in [0.4, 0.5) is 11.5 Å². The van der Waals surface area contributed by atoms with Gasteiger partial charge in [-0.05, 0) is 49.9 Å². The summed E-state index contributed by atoms with van der Waals surface area (Å²) in [6.07, 6.45) is 2.58. The van der Waals surface area contributed by atoms with Crippen LogP contribution >= 0.6 is 23.4 Å². The van der Waals surface area contributed by atoms with Gasteiger partial charge in [0.2, 0.25) is 11.8 Å². The smallest absolute Gasteiger partial charge is 0.234 e. The highest BCUT2D eigenvalue weighted by atomic mass is 35.5. The molecule has 31 heavy (non-hydrogen) atoms. The number of carbonyl (C=O) groups excluding carboxylic acids is 2. The van der Waals surface area contributed by atoms with Crippen molar-refractivity contribution in [3.8, 4) is 0 Å². The maximum absolute atomic E-state index is 12.3. The summed E-state index contributed by atoms with van der Waals surface area (Å²) in [7, 11) is 0. The Labute approximate surface area is 192 Å². The number of rotatable bonds is 8. The number of aryl methyl sites for hydroxylation is 1. The highest BCUT2D eigenvalue weighted by molar-refractivity contribution is 7.99. The van der Waals surface area contributed by atoms with Gasteiger partial charge in [-0.15, -0.1) is 10.2 Å². The Morgan fingerprint density at radius 3 is 2.61 bits per heavy atom. The van der Waals surface area contributed by atoms with Gasteiger partial charge in [-0.2, -0.15) is 0 Å². The molecule has 2 aromatic rings. The molecule has 7 nitrogen and oxygen atoms in total. The fourth-order valence-corrected chi connectivity index (χ4v) is 4.31. The van der Waals surface area contributed by atoms with Crippen LogP contribution in [0.15, 0.2) is 35.4 Å². The number of thioether (sulfide) groups is 1. The Morgan fingerprint density at radius 2 is 1.97 bits per heavy atom. The summed E-state index contributed by atoms with van der Waals surface area (Å²) in [5, 5.41) is 15.6. The SMILES string of the molecule is CCCNC(=O)C1CCN(c2ccc(SCC(=O)Nc3c(C)cccc3Cl)nn2)CC1. The van der Waals surface area contributed by atoms with Gasteiger partial charge >= 0.3 is 0 Å². The molecule has 0 saturated carbocycles. The lowest BCUT2D eigenvalue weighted by molar-refractivity contribution is -0.125. The molecule has 1 aliphatic rings. The second-order valence-corrected chi connectivity index (χ2v) is 8.95. The van der Waals surface area contributed by atoms with Gasteiger partial charge in [0.25, 0.3) is 0 Å². The fourth-order valence-electron chi connectivity index (χ4n) is 3.43. The molecular weight excluding hydrogens is 434 g/mol. The normalized spacial score (nSPS) is 14.4. The van der Waals surface area contributed by atoms with Crippen LogP contribution in [0, 0.1) is 12.8 Å². The molecule has 9 heteroatoms. The Balaban J connectivity index is 1.46. The quantitative estimate of drug-likeness (QED) is 0.579. The van der Waals surface area contributed by atoms with E-state index in [0.29, 0.717) is 15.7 Å². The summed E-state index contributed by atoms with van der Waals surface area (Å²) in [6, 6.07) is 9.30. The molecular formula is C22H28ClN5O2S. The molecule has 1 saturated heterocycles. The molecule has 0 bridgehead atoms. The number of halogens is 1. The molecule has 1 aromatic heterocycles. The van der Waals surface area contributed by atoms with E-state index in [9.17, 15) is 9.59 Å². The fraction of sp³-hybridized carbons (Fsp3) is 0.455. The zero-order valence-electron chi connectivity index (χ0n) is 17.9. The first-order valence-corrected chi connectivity index (χ1v) is 11.9. The van der Waals surface area contributed by atoms with Crippen LogP contribution in [0.3, 0.4) is 0 Å². The van der Waals surface area contributed by atoms with Crippen LogP contribution in [0.1, 0.15) is 31.7 Å². The molecule has 2 amide bonds. The van der Waals surface area contributed by atoms with E-state index >= 15 is 0 Å². The maximum atomic E-state index is 12.3. The molecule has 1 fully saturated rings. The summed E-state index contributed by atoms with van der Waals surface area (Å²) in [5.41, 5.74) is 1.56. The van der Waals surface area contributed by atoms with Crippen LogP contribution in [0.2, 0.25) is 5.02 Å². The number of nitrogens with zero attached hydrogens (tertiary/aromatic N) is 3. The second-order valence-electron chi connectivity index (χ2n) is 7.55. The molecule has 0 aliphatic carbocycles. The average Bonchev–Trinajstić information content (AvgIpc) is 2.79. The molecule has 1 aromatic carbocycles. The topological polar surface area (TPSA) is 87.2 Å². The predicted molar refractivity (Wildman–Crippen MR) is 126 cm³/mol. The number of aromatic nitrogens is 2. The summed E-state index contributed by atoms with van der Waals surface area (Å²) in [4.78, 5) is 26.6. The zero-order valence-corrected chi connectivity index (χ0v) is 19.4. The lowest BCUT2D eigenvalue weighted by Crippen LogP contribution is -2.41. The van der Waals surface area contributed by atoms with E-state index in [-0.39, 0.29) is 23.5 Å². The van der Waals surface area contributed by atoms with E-state index in [4.69, 9.17) is 11.6 Å². The Morgan fingerprint density at radius 1 is 1.19 bits per heavy atom. The Bertz CT molecular complexity index is 881. The van der Waals surface area contributed by atoms with Gasteiger partial charge in [0.05, 0.1) is 16.5 Å². The Hall–Kier alpha value is -2.32. The second kappa shape index (κ2) is 11.3. The Kier molecular flexibility index (Phi) is 8.54. The first-order chi connectivity index (χ1) is 15.0. The lowest BCUT2D eigenvalue weighted by atomic mass is 9.96. The van der Waals surface area contributed by atoms with Gasteiger partial charge in [0.1, 0.15) is 5.03 Å². The monoisotopic (exact) mass is 461 g/mol. The van der Waals surface area contributed by atoms with Crippen molar-refractivity contribution in [1.29, 1.82) is 0 Å². The van der Waals surface area contributed by atoms with Crippen molar-refractivity contribution in [2.45, 2.75) is 38.1 Å². The van der Waals surface area contributed by atoms with Gasteiger partial charge in [-0.3, -0.25) is 9.59 Å². The third-order valence-electron chi connectivity index (χ3n) is 5.20. The molecule has 2 N–H and O–H groups in total. The molecule has 3 rings (SSSR count). The number of amides is 2. The van der Waals surface area contributed by atoms with Crippen molar-refractivity contribution in [3.63, 3.8) is 0 Å². The van der Waals surface area contributed by atoms with E-state index in [1.165, 1.54) is 11.8 Å². The van der Waals surface area contributed by atoms with Crippen molar-refractivity contribution >= 4 is 46.7 Å². The average molecular weight is 462 g/mol. The van der Waals surface area contributed by atoms with Crippen molar-refractivity contribution in [2.75, 3.05) is 35.6 Å². The minimum atomic E-state index is -0.143. The minimum Gasteiger partial charge on any atom is -0.356 e. The number of hydrogen-bond donors (Lipinski definition) is 2. The van der Waals surface area contributed by atoms with E-state index < -0.39 is 0 Å². The molecule has 166 valence electrons. The largest absolute Gasteiger partial charge is 0.356 e. The summed E-state index contributed by atoms with van der Waals surface area (Å²) in [5.74, 6) is 1.11.